The molecule has 0 spiro atoms. The Morgan fingerprint density at radius 1 is 1.08 bits per heavy atom. The summed E-state index contributed by atoms with van der Waals surface area (Å²) >= 11 is 0. The van der Waals surface area contributed by atoms with Crippen LogP contribution < -0.4 is 10.6 Å². The summed E-state index contributed by atoms with van der Waals surface area (Å²) in [6.45, 7) is 5.10. The zero-order valence-electron chi connectivity index (χ0n) is 20.9. The van der Waals surface area contributed by atoms with Crippen molar-refractivity contribution in [2.24, 2.45) is 5.92 Å². The van der Waals surface area contributed by atoms with Gasteiger partial charge in [0.2, 0.25) is 11.8 Å². The third-order valence-corrected chi connectivity index (χ3v) is 7.68. The SMILES string of the molecule is CC[C@@H](C)[C@H](NC(=O)[C@@H]1Cc2c([nH]c3ccccc23)[C@@H]2c3ccccc3C(=O)N21)C(=O)N[C@H](C)C(=O)O. The lowest BCUT2D eigenvalue weighted by atomic mass is 9.89. The molecule has 192 valence electrons. The van der Waals surface area contributed by atoms with Gasteiger partial charge >= 0.3 is 5.97 Å². The minimum Gasteiger partial charge on any atom is -0.480 e. The van der Waals surface area contributed by atoms with E-state index in [1.54, 1.807) is 11.0 Å². The number of aliphatic carboxylic acids is 1. The number of nitrogens with one attached hydrogen (secondary N) is 3. The average Bonchev–Trinajstić information content (AvgIpc) is 3.41. The molecule has 9 heteroatoms. The number of hydrogen-bond donors (Lipinski definition) is 4. The lowest BCUT2D eigenvalue weighted by molar-refractivity contribution is -0.142. The van der Waals surface area contributed by atoms with E-state index in [4.69, 9.17) is 0 Å². The number of para-hydroxylation sites is 1. The first-order valence-electron chi connectivity index (χ1n) is 12.6. The van der Waals surface area contributed by atoms with E-state index in [0.29, 0.717) is 18.4 Å². The second-order valence-electron chi connectivity index (χ2n) is 9.93. The molecule has 0 saturated carbocycles. The molecule has 0 radical (unpaired) electrons. The number of aromatic nitrogens is 1. The fraction of sp³-hybridized carbons (Fsp3) is 0.357. The van der Waals surface area contributed by atoms with Gasteiger partial charge in [0.05, 0.1) is 6.04 Å². The van der Waals surface area contributed by atoms with Crippen LogP contribution in [0.25, 0.3) is 10.9 Å². The van der Waals surface area contributed by atoms with E-state index in [9.17, 15) is 24.3 Å². The van der Waals surface area contributed by atoms with Crippen molar-refractivity contribution in [2.45, 2.75) is 57.8 Å². The Bertz CT molecular complexity index is 1410. The predicted octanol–water partition coefficient (Wildman–Crippen LogP) is 2.76. The predicted molar refractivity (Wildman–Crippen MR) is 137 cm³/mol. The quantitative estimate of drug-likeness (QED) is 0.395. The number of amides is 3. The molecule has 3 aromatic rings. The zero-order valence-corrected chi connectivity index (χ0v) is 20.9. The number of carbonyl (C=O) groups excluding carboxylic acids is 3. The number of hydrogen-bond acceptors (Lipinski definition) is 4. The molecule has 0 saturated heterocycles. The molecule has 9 nitrogen and oxygen atoms in total. The van der Waals surface area contributed by atoms with E-state index < -0.39 is 42.0 Å². The Balaban J connectivity index is 1.53. The molecule has 5 rings (SSSR count). The molecular weight excluding hydrogens is 472 g/mol. The molecule has 0 unspecified atom stereocenters. The van der Waals surface area contributed by atoms with Crippen molar-refractivity contribution in [3.63, 3.8) is 0 Å². The Hall–Kier alpha value is -4.14. The first kappa shape index (κ1) is 24.5. The maximum atomic E-state index is 13.8. The molecule has 3 amide bonds. The molecule has 2 aliphatic rings. The van der Waals surface area contributed by atoms with Gasteiger partial charge in [-0.3, -0.25) is 19.2 Å². The Morgan fingerprint density at radius 3 is 2.51 bits per heavy atom. The molecule has 0 aliphatic carbocycles. The Kier molecular flexibility index (Phi) is 6.23. The summed E-state index contributed by atoms with van der Waals surface area (Å²) in [6, 6.07) is 11.9. The van der Waals surface area contributed by atoms with Crippen LogP contribution in [0.5, 0.6) is 0 Å². The zero-order chi connectivity index (χ0) is 26.4. The van der Waals surface area contributed by atoms with Crippen molar-refractivity contribution >= 4 is 34.6 Å². The molecule has 0 bridgehead atoms. The summed E-state index contributed by atoms with van der Waals surface area (Å²) in [5.74, 6) is -2.64. The second-order valence-corrected chi connectivity index (χ2v) is 9.93. The second kappa shape index (κ2) is 9.38. The van der Waals surface area contributed by atoms with Crippen LogP contribution in [0.1, 0.15) is 60.4 Å². The third kappa shape index (κ3) is 4.04. The third-order valence-electron chi connectivity index (χ3n) is 7.68. The number of rotatable bonds is 7. The Labute approximate surface area is 214 Å². The fourth-order valence-electron chi connectivity index (χ4n) is 5.45. The van der Waals surface area contributed by atoms with Gasteiger partial charge in [0, 0.05) is 28.6 Å². The van der Waals surface area contributed by atoms with Crippen molar-refractivity contribution in [1.82, 2.24) is 20.5 Å². The van der Waals surface area contributed by atoms with Gasteiger partial charge in [0.15, 0.2) is 0 Å². The van der Waals surface area contributed by atoms with Gasteiger partial charge in [-0.25, -0.2) is 0 Å². The lowest BCUT2D eigenvalue weighted by Crippen LogP contribution is -2.59. The number of carboxylic acids is 1. The average molecular weight is 503 g/mol. The normalized spacial score (nSPS) is 20.4. The van der Waals surface area contributed by atoms with Gasteiger partial charge in [-0.2, -0.15) is 0 Å². The van der Waals surface area contributed by atoms with Crippen LogP contribution in [0.2, 0.25) is 0 Å². The fourth-order valence-corrected chi connectivity index (χ4v) is 5.45. The Morgan fingerprint density at radius 2 is 1.78 bits per heavy atom. The molecule has 4 N–H and O–H groups in total. The van der Waals surface area contributed by atoms with E-state index >= 15 is 0 Å². The minimum absolute atomic E-state index is 0.228. The van der Waals surface area contributed by atoms with E-state index in [1.807, 2.05) is 56.3 Å². The molecular formula is C28H30N4O5. The number of nitrogens with zero attached hydrogens (tertiary/aromatic N) is 1. The van der Waals surface area contributed by atoms with Crippen molar-refractivity contribution in [3.05, 3.63) is 70.9 Å². The van der Waals surface area contributed by atoms with Crippen molar-refractivity contribution in [3.8, 4) is 0 Å². The number of carbonyl (C=O) groups is 4. The van der Waals surface area contributed by atoms with Crippen LogP contribution in [0, 0.1) is 5.92 Å². The number of fused-ring (bicyclic) bond motifs is 7. The van der Waals surface area contributed by atoms with Crippen LogP contribution in [0.15, 0.2) is 48.5 Å². The van der Waals surface area contributed by atoms with E-state index in [-0.39, 0.29) is 11.8 Å². The highest BCUT2D eigenvalue weighted by atomic mass is 16.4. The topological polar surface area (TPSA) is 132 Å². The maximum Gasteiger partial charge on any atom is 0.325 e. The van der Waals surface area contributed by atoms with Crippen molar-refractivity contribution in [1.29, 1.82) is 0 Å². The van der Waals surface area contributed by atoms with E-state index in [2.05, 4.69) is 15.6 Å². The lowest BCUT2D eigenvalue weighted by Gasteiger charge is -2.38. The highest BCUT2D eigenvalue weighted by Gasteiger charge is 2.49. The standard InChI is InChI=1S/C28H30N4O5/c1-4-14(2)22(26(34)29-15(3)28(36)37)31-25(33)21-13-19-16-9-7-8-12-20(16)30-23(19)24-17-10-5-6-11-18(17)27(35)32(21)24/h5-12,14-15,21-22,24,30H,4,13H2,1-3H3,(H,29,34)(H,31,33)(H,36,37)/t14-,15-,21+,22+,24+/m1/s1. The van der Waals surface area contributed by atoms with Crippen LogP contribution in [-0.2, 0) is 20.8 Å². The van der Waals surface area contributed by atoms with Gasteiger partial charge in [-0.1, -0.05) is 56.7 Å². The van der Waals surface area contributed by atoms with Crippen molar-refractivity contribution in [2.75, 3.05) is 0 Å². The van der Waals surface area contributed by atoms with Crippen LogP contribution in [0.3, 0.4) is 0 Å². The molecule has 1 aromatic heterocycles. The summed E-state index contributed by atoms with van der Waals surface area (Å²) in [7, 11) is 0. The summed E-state index contributed by atoms with van der Waals surface area (Å²) in [5.41, 5.74) is 4.21. The summed E-state index contributed by atoms with van der Waals surface area (Å²) in [6.07, 6.45) is 0.884. The molecule has 2 aliphatic heterocycles. The van der Waals surface area contributed by atoms with Gasteiger partial charge in [0.1, 0.15) is 18.1 Å². The molecule has 2 aromatic carbocycles. The molecule has 0 fully saturated rings. The number of H-pyrrole nitrogens is 1. The summed E-state index contributed by atoms with van der Waals surface area (Å²) in [5, 5.41) is 15.6. The van der Waals surface area contributed by atoms with Crippen LogP contribution in [-0.4, -0.2) is 56.8 Å². The smallest absolute Gasteiger partial charge is 0.325 e. The molecule has 5 atom stereocenters. The highest BCUT2D eigenvalue weighted by Crippen LogP contribution is 2.46. The summed E-state index contributed by atoms with van der Waals surface area (Å²) < 4.78 is 0. The monoisotopic (exact) mass is 502 g/mol. The number of aromatic amines is 1. The molecule has 3 heterocycles. The van der Waals surface area contributed by atoms with E-state index in [1.165, 1.54) is 6.92 Å². The van der Waals surface area contributed by atoms with Crippen LogP contribution in [0.4, 0.5) is 0 Å². The van der Waals surface area contributed by atoms with Gasteiger partial charge < -0.3 is 25.6 Å². The number of benzene rings is 2. The van der Waals surface area contributed by atoms with Crippen molar-refractivity contribution < 1.29 is 24.3 Å². The minimum atomic E-state index is -1.16. The largest absolute Gasteiger partial charge is 0.480 e. The van der Waals surface area contributed by atoms with Gasteiger partial charge in [-0.05, 0) is 36.1 Å². The highest BCUT2D eigenvalue weighted by molar-refractivity contribution is 6.04. The summed E-state index contributed by atoms with van der Waals surface area (Å²) in [4.78, 5) is 56.8. The van der Waals surface area contributed by atoms with Gasteiger partial charge in [0.25, 0.3) is 5.91 Å². The van der Waals surface area contributed by atoms with Gasteiger partial charge in [-0.15, -0.1) is 0 Å². The first-order valence-corrected chi connectivity index (χ1v) is 12.6. The van der Waals surface area contributed by atoms with Crippen LogP contribution >= 0.6 is 0 Å². The maximum absolute atomic E-state index is 13.8. The van der Waals surface area contributed by atoms with E-state index in [0.717, 1.165) is 27.7 Å². The molecule has 37 heavy (non-hydrogen) atoms. The number of carboxylic acid groups (broad SMARTS) is 1. The first-order chi connectivity index (χ1) is 17.7.